The Hall–Kier alpha value is -2.89. The summed E-state index contributed by atoms with van der Waals surface area (Å²) in [5, 5.41) is 13.6. The maximum Gasteiger partial charge on any atom is 0.410 e. The lowest BCUT2D eigenvalue weighted by Gasteiger charge is -2.45. The number of aliphatic hydroxyl groups is 1. The van der Waals surface area contributed by atoms with Crippen molar-refractivity contribution >= 4 is 29.3 Å². The summed E-state index contributed by atoms with van der Waals surface area (Å²) in [6.07, 6.45) is 0.990. The SMILES string of the molecule is CC(C)(C)OC(=O)N1CCN2c3cc(-c4nc(N[C@@H]5CCOC[C@H]5O)ncc4Cl)cc(F)c3OC[C@H]2C1. The number of ether oxygens (including phenoxy) is 3. The van der Waals surface area contributed by atoms with E-state index in [0.29, 0.717) is 49.6 Å². The second-order valence-corrected chi connectivity index (χ2v) is 10.9. The normalized spacial score (nSPS) is 23.6. The molecule has 0 saturated carbocycles. The van der Waals surface area contributed by atoms with E-state index in [0.717, 1.165) is 0 Å². The van der Waals surface area contributed by atoms with Gasteiger partial charge in [0, 0.05) is 31.8 Å². The van der Waals surface area contributed by atoms with E-state index in [1.54, 1.807) is 11.0 Å². The third kappa shape index (κ3) is 5.53. The molecular weight excluding hydrogens is 505 g/mol. The highest BCUT2D eigenvalue weighted by Gasteiger charge is 2.37. The molecule has 12 heteroatoms. The highest BCUT2D eigenvalue weighted by atomic mass is 35.5. The summed E-state index contributed by atoms with van der Waals surface area (Å²) in [4.78, 5) is 25.1. The Balaban J connectivity index is 1.39. The van der Waals surface area contributed by atoms with E-state index in [-0.39, 0.29) is 48.1 Å². The molecule has 2 aromatic rings. The van der Waals surface area contributed by atoms with Crippen LogP contribution in [-0.4, -0.2) is 89.3 Å². The number of anilines is 2. The van der Waals surface area contributed by atoms with E-state index in [4.69, 9.17) is 25.8 Å². The van der Waals surface area contributed by atoms with Gasteiger partial charge in [-0.1, -0.05) is 11.6 Å². The number of halogens is 2. The maximum absolute atomic E-state index is 15.2. The summed E-state index contributed by atoms with van der Waals surface area (Å²) in [7, 11) is 0. The van der Waals surface area contributed by atoms with Crippen molar-refractivity contribution in [2.75, 3.05) is 49.7 Å². The van der Waals surface area contributed by atoms with Gasteiger partial charge >= 0.3 is 6.09 Å². The number of amides is 1. The summed E-state index contributed by atoms with van der Waals surface area (Å²) in [6, 6.07) is 2.72. The lowest BCUT2D eigenvalue weighted by atomic mass is 10.0. The predicted molar refractivity (Wildman–Crippen MR) is 136 cm³/mol. The van der Waals surface area contributed by atoms with Crippen LogP contribution in [0.5, 0.6) is 5.75 Å². The molecule has 37 heavy (non-hydrogen) atoms. The zero-order chi connectivity index (χ0) is 26.3. The molecule has 10 nitrogen and oxygen atoms in total. The van der Waals surface area contributed by atoms with Crippen LogP contribution in [0.25, 0.3) is 11.3 Å². The van der Waals surface area contributed by atoms with Gasteiger partial charge in [0.25, 0.3) is 0 Å². The van der Waals surface area contributed by atoms with Gasteiger partial charge < -0.3 is 34.4 Å². The second-order valence-electron chi connectivity index (χ2n) is 10.5. The van der Waals surface area contributed by atoms with Crippen LogP contribution in [-0.2, 0) is 9.47 Å². The minimum atomic E-state index is -0.689. The molecule has 1 amide bonds. The number of fused-ring (bicyclic) bond motifs is 3. The maximum atomic E-state index is 15.2. The van der Waals surface area contributed by atoms with Crippen LogP contribution in [0.2, 0.25) is 5.02 Å². The van der Waals surface area contributed by atoms with Gasteiger partial charge in [0.1, 0.15) is 12.2 Å². The fourth-order valence-electron chi connectivity index (χ4n) is 4.76. The molecule has 1 aromatic carbocycles. The van der Waals surface area contributed by atoms with E-state index in [1.165, 1.54) is 12.3 Å². The molecule has 0 bridgehead atoms. The predicted octanol–water partition coefficient (Wildman–Crippen LogP) is 3.32. The molecule has 4 heterocycles. The summed E-state index contributed by atoms with van der Waals surface area (Å²) < 4.78 is 31.8. The molecule has 3 aliphatic heterocycles. The minimum Gasteiger partial charge on any atom is -0.486 e. The fourth-order valence-corrected chi connectivity index (χ4v) is 4.96. The Kier molecular flexibility index (Phi) is 7.03. The molecule has 2 fully saturated rings. The monoisotopic (exact) mass is 535 g/mol. The van der Waals surface area contributed by atoms with Gasteiger partial charge in [0.05, 0.1) is 47.4 Å². The zero-order valence-corrected chi connectivity index (χ0v) is 21.8. The van der Waals surface area contributed by atoms with E-state index >= 15 is 4.39 Å². The molecule has 0 aliphatic carbocycles. The van der Waals surface area contributed by atoms with Crippen LogP contribution in [0.3, 0.4) is 0 Å². The van der Waals surface area contributed by atoms with Crippen molar-refractivity contribution in [2.45, 2.75) is 51.0 Å². The van der Waals surface area contributed by atoms with Crippen molar-refractivity contribution in [3.8, 4) is 17.0 Å². The summed E-state index contributed by atoms with van der Waals surface area (Å²) in [5.74, 6) is -0.0762. The average molecular weight is 536 g/mol. The van der Waals surface area contributed by atoms with E-state index in [1.807, 2.05) is 20.8 Å². The van der Waals surface area contributed by atoms with Crippen molar-refractivity contribution in [3.63, 3.8) is 0 Å². The lowest BCUT2D eigenvalue weighted by molar-refractivity contribution is -0.0136. The number of aromatic nitrogens is 2. The molecule has 1 aromatic heterocycles. The second kappa shape index (κ2) is 10.1. The summed E-state index contributed by atoms with van der Waals surface area (Å²) in [6.45, 7) is 7.82. The molecule has 0 unspecified atom stereocenters. The molecule has 5 rings (SSSR count). The summed E-state index contributed by atoms with van der Waals surface area (Å²) >= 11 is 6.43. The number of rotatable bonds is 3. The van der Waals surface area contributed by atoms with Crippen molar-refractivity contribution in [2.24, 2.45) is 0 Å². The standard InChI is InChI=1S/C25H31ClFN5O5/c1-25(2,3)37-24(34)31-5-6-32-15(11-31)12-36-22-17(27)8-14(9-19(22)32)21-16(26)10-28-23(30-21)29-18-4-7-35-13-20(18)33/h8-10,15,18,20,33H,4-7,11-13H2,1-3H3,(H,28,29,30)/t15-,18-,20-/m1/s1. The van der Waals surface area contributed by atoms with Crippen LogP contribution in [0.4, 0.5) is 20.8 Å². The van der Waals surface area contributed by atoms with Crippen LogP contribution in [0.15, 0.2) is 18.3 Å². The largest absolute Gasteiger partial charge is 0.486 e. The zero-order valence-electron chi connectivity index (χ0n) is 21.0. The third-order valence-electron chi connectivity index (χ3n) is 6.55. The first-order chi connectivity index (χ1) is 17.6. The number of piperazine rings is 1. The van der Waals surface area contributed by atoms with Crippen LogP contribution >= 0.6 is 11.6 Å². The number of hydrogen-bond acceptors (Lipinski definition) is 9. The van der Waals surface area contributed by atoms with Crippen molar-refractivity contribution in [1.82, 2.24) is 14.9 Å². The van der Waals surface area contributed by atoms with E-state index < -0.39 is 17.5 Å². The van der Waals surface area contributed by atoms with Crippen molar-refractivity contribution < 1.29 is 28.5 Å². The van der Waals surface area contributed by atoms with Gasteiger partial charge in [0.2, 0.25) is 5.95 Å². The van der Waals surface area contributed by atoms with Gasteiger partial charge in [-0.15, -0.1) is 0 Å². The molecule has 0 spiro atoms. The Morgan fingerprint density at radius 2 is 2.11 bits per heavy atom. The highest BCUT2D eigenvalue weighted by molar-refractivity contribution is 6.32. The first-order valence-electron chi connectivity index (χ1n) is 12.4. The number of benzene rings is 1. The van der Waals surface area contributed by atoms with Gasteiger partial charge in [-0.2, -0.15) is 0 Å². The molecule has 3 aliphatic rings. The average Bonchev–Trinajstić information content (AvgIpc) is 2.85. The molecule has 200 valence electrons. The smallest absolute Gasteiger partial charge is 0.410 e. The number of nitrogens with one attached hydrogen (secondary N) is 1. The molecule has 2 saturated heterocycles. The number of carbonyl (C=O) groups is 1. The van der Waals surface area contributed by atoms with Crippen LogP contribution in [0, 0.1) is 5.82 Å². The molecule has 3 atom stereocenters. The molecule has 0 radical (unpaired) electrons. The van der Waals surface area contributed by atoms with Crippen molar-refractivity contribution in [1.29, 1.82) is 0 Å². The van der Waals surface area contributed by atoms with Gasteiger partial charge in [0.15, 0.2) is 11.6 Å². The first-order valence-corrected chi connectivity index (χ1v) is 12.7. The Labute approximate surface area is 219 Å². The Morgan fingerprint density at radius 1 is 1.30 bits per heavy atom. The number of carbonyl (C=O) groups excluding carboxylic acids is 1. The summed E-state index contributed by atoms with van der Waals surface area (Å²) in [5.41, 5.74) is 0.823. The first kappa shape index (κ1) is 25.7. The lowest BCUT2D eigenvalue weighted by Crippen LogP contribution is -2.59. The number of hydrogen-bond donors (Lipinski definition) is 2. The van der Waals surface area contributed by atoms with E-state index in [9.17, 15) is 9.90 Å². The third-order valence-corrected chi connectivity index (χ3v) is 6.82. The quantitative estimate of drug-likeness (QED) is 0.611. The highest BCUT2D eigenvalue weighted by Crippen LogP contribution is 2.41. The van der Waals surface area contributed by atoms with Gasteiger partial charge in [-0.05, 0) is 39.3 Å². The van der Waals surface area contributed by atoms with E-state index in [2.05, 4.69) is 20.2 Å². The van der Waals surface area contributed by atoms with Crippen LogP contribution in [0.1, 0.15) is 27.2 Å². The number of aliphatic hydroxyl groups excluding tert-OH is 1. The molecule has 2 N–H and O–H groups in total. The minimum absolute atomic E-state index is 0.156. The van der Waals surface area contributed by atoms with Gasteiger partial charge in [-0.25, -0.2) is 19.2 Å². The number of nitrogens with zero attached hydrogens (tertiary/aromatic N) is 4. The fraction of sp³-hybridized carbons (Fsp3) is 0.560. The Morgan fingerprint density at radius 3 is 2.86 bits per heavy atom. The van der Waals surface area contributed by atoms with Crippen molar-refractivity contribution in [3.05, 3.63) is 29.2 Å². The van der Waals surface area contributed by atoms with Crippen LogP contribution < -0.4 is 15.0 Å². The van der Waals surface area contributed by atoms with Gasteiger partial charge in [-0.3, -0.25) is 0 Å². The topological polar surface area (TPSA) is 109 Å². The Bertz CT molecular complexity index is 1180. The molecular formula is C25H31ClFN5O5.